The Hall–Kier alpha value is -5.65. The Morgan fingerprint density at radius 3 is 2.05 bits per heavy atom. The van der Waals surface area contributed by atoms with Gasteiger partial charge < -0.3 is 14.1 Å². The second-order valence-electron chi connectivity index (χ2n) is 11.0. The fourth-order valence-electron chi connectivity index (χ4n) is 6.81. The minimum absolute atomic E-state index is 0.257. The highest BCUT2D eigenvalue weighted by Crippen LogP contribution is 2.47. The predicted octanol–water partition coefficient (Wildman–Crippen LogP) is 9.00. The van der Waals surface area contributed by atoms with Crippen LogP contribution in [0.1, 0.15) is 22.1 Å². The van der Waals surface area contributed by atoms with Crippen LogP contribution >= 0.6 is 0 Å². The van der Waals surface area contributed by atoms with Crippen molar-refractivity contribution >= 4 is 55.3 Å². The molecule has 1 amide bonds. The van der Waals surface area contributed by atoms with Crippen LogP contribution in [0.2, 0.25) is 0 Å². The van der Waals surface area contributed by atoms with E-state index >= 15 is 0 Å². The summed E-state index contributed by atoms with van der Waals surface area (Å²) in [5.74, 6) is -0.257. The monoisotopic (exact) mass is 556 g/mol. The Morgan fingerprint density at radius 1 is 0.581 bits per heavy atom. The molecule has 3 heterocycles. The first-order valence-corrected chi connectivity index (χ1v) is 14.3. The molecule has 2 aromatic heterocycles. The normalized spacial score (nSPS) is 14.9. The zero-order chi connectivity index (χ0) is 28.7. The van der Waals surface area contributed by atoms with E-state index in [1.807, 2.05) is 103 Å². The van der Waals surface area contributed by atoms with Crippen molar-refractivity contribution in [3.05, 3.63) is 145 Å². The van der Waals surface area contributed by atoms with E-state index in [1.165, 1.54) is 4.90 Å². The van der Waals surface area contributed by atoms with Crippen LogP contribution in [0.4, 0.5) is 5.69 Å². The first-order valence-electron chi connectivity index (χ1n) is 14.3. The molecule has 0 saturated carbocycles. The lowest BCUT2D eigenvalue weighted by atomic mass is 9.92. The Labute approximate surface area is 246 Å². The van der Waals surface area contributed by atoms with Gasteiger partial charge in [-0.2, -0.15) is 0 Å². The maximum Gasteiger partial charge on any atom is 0.262 e. The van der Waals surface area contributed by atoms with Crippen molar-refractivity contribution in [3.63, 3.8) is 0 Å². The molecule has 5 heteroatoms. The van der Waals surface area contributed by atoms with Gasteiger partial charge in [0.15, 0.2) is 6.23 Å². The molecule has 0 fully saturated rings. The summed E-state index contributed by atoms with van der Waals surface area (Å²) in [5.41, 5.74) is 7.82. The summed E-state index contributed by atoms with van der Waals surface area (Å²) in [6.07, 6.45) is -1.21. The highest BCUT2D eigenvalue weighted by molar-refractivity contribution is 6.26. The summed E-state index contributed by atoms with van der Waals surface area (Å²) in [6.45, 7) is 0. The molecule has 6 aromatic carbocycles. The minimum Gasteiger partial charge on any atom is -0.456 e. The van der Waals surface area contributed by atoms with Crippen molar-refractivity contribution in [2.75, 3.05) is 4.90 Å². The fourth-order valence-corrected chi connectivity index (χ4v) is 6.81. The van der Waals surface area contributed by atoms with Crippen molar-refractivity contribution < 1.29 is 14.3 Å². The Bertz CT molecular complexity index is 2390. The van der Waals surface area contributed by atoms with Gasteiger partial charge in [0, 0.05) is 38.5 Å². The van der Waals surface area contributed by atoms with Crippen molar-refractivity contribution in [1.82, 2.24) is 4.57 Å². The van der Waals surface area contributed by atoms with Crippen molar-refractivity contribution in [2.45, 2.75) is 6.23 Å². The number of furan rings is 1. The van der Waals surface area contributed by atoms with E-state index in [9.17, 15) is 9.90 Å². The van der Waals surface area contributed by atoms with Gasteiger partial charge in [-0.25, -0.2) is 0 Å². The quantitative estimate of drug-likeness (QED) is 0.231. The number of rotatable bonds is 2. The number of nitrogens with zero attached hydrogens (tertiary/aromatic N) is 2. The SMILES string of the molecule is O=C1c2c(ccc3c2c2ccccc2n3-c2ccccc2)-c2cc3oc4ccccc4c3cc2C(O)N1c1ccccc1. The number of hydrogen-bond acceptors (Lipinski definition) is 3. The number of amides is 1. The van der Waals surface area contributed by atoms with Gasteiger partial charge in [0.05, 0.1) is 16.6 Å². The number of para-hydroxylation sites is 4. The van der Waals surface area contributed by atoms with Gasteiger partial charge in [-0.1, -0.05) is 78.9 Å². The largest absolute Gasteiger partial charge is 0.456 e. The van der Waals surface area contributed by atoms with Gasteiger partial charge in [-0.3, -0.25) is 9.69 Å². The summed E-state index contributed by atoms with van der Waals surface area (Å²) in [6, 6.07) is 43.8. The molecule has 1 unspecified atom stereocenters. The molecule has 204 valence electrons. The number of hydrogen-bond donors (Lipinski definition) is 1. The predicted molar refractivity (Wildman–Crippen MR) is 172 cm³/mol. The van der Waals surface area contributed by atoms with Gasteiger partial charge in [0.25, 0.3) is 5.91 Å². The van der Waals surface area contributed by atoms with Crippen LogP contribution in [0, 0.1) is 0 Å². The highest BCUT2D eigenvalue weighted by atomic mass is 16.3. The molecule has 8 aromatic rings. The van der Waals surface area contributed by atoms with E-state index in [0.29, 0.717) is 22.4 Å². The molecule has 1 aliphatic rings. The molecular weight excluding hydrogens is 532 g/mol. The molecule has 0 spiro atoms. The average Bonchev–Trinajstić information content (AvgIpc) is 3.57. The molecule has 1 N–H and O–H groups in total. The minimum atomic E-state index is -1.21. The van der Waals surface area contributed by atoms with Crippen molar-refractivity contribution in [2.24, 2.45) is 0 Å². The summed E-state index contributed by atoms with van der Waals surface area (Å²) >= 11 is 0. The van der Waals surface area contributed by atoms with Gasteiger partial charge in [0.2, 0.25) is 0 Å². The third-order valence-electron chi connectivity index (χ3n) is 8.68. The third-order valence-corrected chi connectivity index (χ3v) is 8.68. The number of benzene rings is 6. The van der Waals surface area contributed by atoms with Crippen LogP contribution in [0.3, 0.4) is 0 Å². The van der Waals surface area contributed by atoms with Crippen molar-refractivity contribution in [1.29, 1.82) is 0 Å². The number of aromatic nitrogens is 1. The number of fused-ring (bicyclic) bond motifs is 10. The van der Waals surface area contributed by atoms with E-state index in [0.717, 1.165) is 55.0 Å². The van der Waals surface area contributed by atoms with Gasteiger partial charge in [-0.05, 0) is 65.7 Å². The average molecular weight is 557 g/mol. The van der Waals surface area contributed by atoms with E-state index in [1.54, 1.807) is 0 Å². The lowest BCUT2D eigenvalue weighted by Crippen LogP contribution is -2.34. The molecule has 9 rings (SSSR count). The van der Waals surface area contributed by atoms with Gasteiger partial charge >= 0.3 is 0 Å². The third kappa shape index (κ3) is 3.34. The first-order chi connectivity index (χ1) is 21.2. The summed E-state index contributed by atoms with van der Waals surface area (Å²) < 4.78 is 8.49. The van der Waals surface area contributed by atoms with Crippen LogP contribution in [0.5, 0.6) is 0 Å². The van der Waals surface area contributed by atoms with E-state index in [2.05, 4.69) is 34.9 Å². The summed E-state index contributed by atoms with van der Waals surface area (Å²) in [5, 5.41) is 15.8. The van der Waals surface area contributed by atoms with E-state index < -0.39 is 6.23 Å². The van der Waals surface area contributed by atoms with Crippen molar-refractivity contribution in [3.8, 4) is 16.8 Å². The van der Waals surface area contributed by atoms with Crippen LogP contribution in [0.15, 0.2) is 138 Å². The lowest BCUT2D eigenvalue weighted by molar-refractivity contribution is 0.0893. The Kier molecular flexibility index (Phi) is 4.98. The second-order valence-corrected chi connectivity index (χ2v) is 11.0. The maximum absolute atomic E-state index is 14.9. The zero-order valence-electron chi connectivity index (χ0n) is 22.9. The van der Waals surface area contributed by atoms with Crippen LogP contribution in [-0.2, 0) is 0 Å². The topological polar surface area (TPSA) is 58.6 Å². The smallest absolute Gasteiger partial charge is 0.262 e. The van der Waals surface area contributed by atoms with Crippen LogP contribution in [-0.4, -0.2) is 15.6 Å². The molecule has 5 nitrogen and oxygen atoms in total. The van der Waals surface area contributed by atoms with E-state index in [-0.39, 0.29) is 5.91 Å². The molecular formula is C38H24N2O3. The van der Waals surface area contributed by atoms with Gasteiger partial charge in [-0.15, -0.1) is 0 Å². The standard InChI is InChI=1S/C38H24N2O3/c41-37-30-21-29-25-15-8-10-18-33(25)43-34(29)22-28(30)26-19-20-32-35(36(26)38(42)40(37)24-13-5-2-6-14-24)27-16-7-9-17-31(27)39(32)23-11-3-1-4-12-23/h1-22,37,41H. The van der Waals surface area contributed by atoms with E-state index in [4.69, 9.17) is 4.42 Å². The number of aliphatic hydroxyl groups is 1. The number of aliphatic hydroxyl groups excluding tert-OH is 1. The Morgan fingerprint density at radius 2 is 1.26 bits per heavy atom. The molecule has 1 aliphatic heterocycles. The summed E-state index contributed by atoms with van der Waals surface area (Å²) in [4.78, 5) is 16.4. The highest BCUT2D eigenvalue weighted by Gasteiger charge is 2.36. The molecule has 1 atom stereocenters. The fraction of sp³-hybridized carbons (Fsp3) is 0.0263. The Balaban J connectivity index is 1.44. The second kappa shape index (κ2) is 8.92. The number of anilines is 1. The molecule has 43 heavy (non-hydrogen) atoms. The molecule has 0 aliphatic carbocycles. The number of carbonyl (C=O) groups excluding carboxylic acids is 1. The lowest BCUT2D eigenvalue weighted by Gasteiger charge is -2.27. The molecule has 0 radical (unpaired) electrons. The maximum atomic E-state index is 14.9. The first kappa shape index (κ1) is 24.0. The van der Waals surface area contributed by atoms with Crippen LogP contribution in [0.25, 0.3) is 60.6 Å². The summed E-state index contributed by atoms with van der Waals surface area (Å²) in [7, 11) is 0. The molecule has 0 bridgehead atoms. The molecule has 0 saturated heterocycles. The van der Waals surface area contributed by atoms with Gasteiger partial charge in [0.1, 0.15) is 11.2 Å². The number of carbonyl (C=O) groups is 1. The van der Waals surface area contributed by atoms with Crippen LogP contribution < -0.4 is 4.90 Å². The zero-order valence-corrected chi connectivity index (χ0v) is 22.9.